The van der Waals surface area contributed by atoms with Crippen molar-refractivity contribution in [1.29, 1.82) is 0 Å². The lowest BCUT2D eigenvalue weighted by atomic mass is 9.94. The monoisotopic (exact) mass is 672 g/mol. The summed E-state index contributed by atoms with van der Waals surface area (Å²) in [5.41, 5.74) is 3.47. The molecule has 0 spiro atoms. The van der Waals surface area contributed by atoms with Crippen LogP contribution in [0.4, 0.5) is 15.8 Å². The minimum atomic E-state index is -0.772. The minimum absolute atomic E-state index is 0.0135. The maximum absolute atomic E-state index is 15.3. The van der Waals surface area contributed by atoms with E-state index in [0.29, 0.717) is 29.9 Å². The van der Waals surface area contributed by atoms with Gasteiger partial charge in [0.05, 0.1) is 34.2 Å². The van der Waals surface area contributed by atoms with E-state index in [-0.39, 0.29) is 64.2 Å². The number of anilines is 2. The molecule has 250 valence electrons. The Morgan fingerprint density at radius 2 is 1.90 bits per heavy atom. The Labute approximate surface area is 283 Å². The maximum atomic E-state index is 15.3. The molecule has 2 amide bonds. The van der Waals surface area contributed by atoms with Gasteiger partial charge in [-0.2, -0.15) is 0 Å². The lowest BCUT2D eigenvalue weighted by molar-refractivity contribution is -0.128. The number of pyridine rings is 2. The van der Waals surface area contributed by atoms with Gasteiger partial charge in [-0.25, -0.2) is 9.37 Å². The van der Waals surface area contributed by atoms with Crippen molar-refractivity contribution in [2.75, 3.05) is 50.6 Å². The van der Waals surface area contributed by atoms with Crippen LogP contribution >= 0.6 is 11.6 Å². The number of fused-ring (bicyclic) bond motifs is 5. The number of carbonyl (C=O) groups is 2. The smallest absolute Gasteiger partial charge is 0.282 e. The number of phenolic OH excluding ortho intramolecular Hbond substituents is 1. The molecule has 12 heteroatoms. The van der Waals surface area contributed by atoms with Crippen LogP contribution in [0.2, 0.25) is 5.02 Å². The average Bonchev–Trinajstić information content (AvgIpc) is 3.03. The van der Waals surface area contributed by atoms with E-state index >= 15 is 4.39 Å². The van der Waals surface area contributed by atoms with Crippen LogP contribution in [0, 0.1) is 12.7 Å². The zero-order valence-electron chi connectivity index (χ0n) is 27.8. The van der Waals surface area contributed by atoms with Gasteiger partial charge in [-0.1, -0.05) is 50.2 Å². The number of rotatable bonds is 6. The minimum Gasteiger partial charge on any atom is -0.507 e. The molecular formula is C36H38ClFN6O4. The molecule has 6 rings (SSSR count). The number of benzene rings is 2. The Hall–Kier alpha value is -4.74. The van der Waals surface area contributed by atoms with Crippen molar-refractivity contribution < 1.29 is 19.1 Å². The van der Waals surface area contributed by atoms with Crippen LogP contribution in [0.25, 0.3) is 28.0 Å². The Morgan fingerprint density at radius 1 is 1.17 bits per heavy atom. The number of piperazine rings is 1. The van der Waals surface area contributed by atoms with E-state index in [1.54, 1.807) is 18.0 Å². The molecule has 2 aromatic heterocycles. The molecule has 0 radical (unpaired) electrons. The second-order valence-corrected chi connectivity index (χ2v) is 13.4. The number of carbonyl (C=O) groups excluding carboxylic acids is 2. The van der Waals surface area contributed by atoms with E-state index in [1.165, 1.54) is 33.7 Å². The fourth-order valence-electron chi connectivity index (χ4n) is 6.99. The number of hydrogen-bond acceptors (Lipinski definition) is 7. The van der Waals surface area contributed by atoms with Gasteiger partial charge >= 0.3 is 0 Å². The number of halogens is 2. The Kier molecular flexibility index (Phi) is 8.55. The predicted octanol–water partition coefficient (Wildman–Crippen LogP) is 5.22. The molecule has 0 aliphatic carbocycles. The standard InChI is InChI=1S/C36H38ClFN6O4/c1-8-28(46)42-12-13-43-26(18-42)35(47)41(7)33-32(43)23-16-24(37)30(29-25(38)10-9-11-27(29)45)39-34(23)44(36(33)48)31-20(4)14-21(17-40(5)6)15-22(31)19(2)3/h8-11,14-16,19,26,45H,1,12-13,17-18H2,2-7H3/t26-/m1/s1. The van der Waals surface area contributed by atoms with Gasteiger partial charge < -0.3 is 24.7 Å². The molecule has 4 aromatic rings. The van der Waals surface area contributed by atoms with Crippen LogP contribution < -0.4 is 15.4 Å². The maximum Gasteiger partial charge on any atom is 0.282 e. The second-order valence-electron chi connectivity index (χ2n) is 13.0. The van der Waals surface area contributed by atoms with Crippen molar-refractivity contribution >= 4 is 45.8 Å². The fourth-order valence-corrected chi connectivity index (χ4v) is 7.23. The lowest BCUT2D eigenvalue weighted by Gasteiger charge is -2.47. The Morgan fingerprint density at radius 3 is 2.54 bits per heavy atom. The van der Waals surface area contributed by atoms with Gasteiger partial charge in [0.25, 0.3) is 11.5 Å². The number of phenols is 1. The molecule has 1 fully saturated rings. The van der Waals surface area contributed by atoms with Crippen LogP contribution in [0.3, 0.4) is 0 Å². The van der Waals surface area contributed by atoms with Gasteiger partial charge in [0.1, 0.15) is 28.9 Å². The highest BCUT2D eigenvalue weighted by atomic mass is 35.5. The SMILES string of the molecule is C=CC(=O)N1CCN2c3c(c(=O)n(-c4c(C)cc(CN(C)C)cc4C(C)C)c4nc(-c5c(O)cccc5F)c(Cl)cc34)N(C)C(=O)[C@H]2C1. The summed E-state index contributed by atoms with van der Waals surface area (Å²) in [6, 6.07) is 8.88. The molecule has 2 aliphatic heterocycles. The van der Waals surface area contributed by atoms with Crippen LogP contribution in [-0.2, 0) is 16.1 Å². The first-order chi connectivity index (χ1) is 22.7. The summed E-state index contributed by atoms with van der Waals surface area (Å²) in [7, 11) is 5.53. The highest BCUT2D eigenvalue weighted by Gasteiger charge is 2.44. The predicted molar refractivity (Wildman–Crippen MR) is 187 cm³/mol. The summed E-state index contributed by atoms with van der Waals surface area (Å²) in [5.74, 6) is -1.71. The van der Waals surface area contributed by atoms with E-state index < -0.39 is 17.4 Å². The number of aromatic hydroxyl groups is 1. The molecule has 0 bridgehead atoms. The zero-order valence-corrected chi connectivity index (χ0v) is 28.6. The van der Waals surface area contributed by atoms with Gasteiger partial charge in [-0.15, -0.1) is 0 Å². The molecule has 2 aliphatic rings. The third-order valence-electron chi connectivity index (χ3n) is 9.12. The molecule has 1 saturated heterocycles. The lowest BCUT2D eigenvalue weighted by Crippen LogP contribution is -2.63. The summed E-state index contributed by atoms with van der Waals surface area (Å²) >= 11 is 6.87. The number of hydrogen-bond donors (Lipinski definition) is 1. The number of aromatic nitrogens is 2. The van der Waals surface area contributed by atoms with Crippen molar-refractivity contribution in [1.82, 2.24) is 19.4 Å². The average molecular weight is 673 g/mol. The quantitative estimate of drug-likeness (QED) is 0.280. The second kappa shape index (κ2) is 12.4. The molecular weight excluding hydrogens is 635 g/mol. The van der Waals surface area contributed by atoms with Crippen molar-refractivity contribution in [3.63, 3.8) is 0 Å². The summed E-state index contributed by atoms with van der Waals surface area (Å²) in [4.78, 5) is 53.2. The summed E-state index contributed by atoms with van der Waals surface area (Å²) in [5, 5.41) is 11.3. The largest absolute Gasteiger partial charge is 0.507 e. The molecule has 1 N–H and O–H groups in total. The van der Waals surface area contributed by atoms with Gasteiger partial charge in [-0.3, -0.25) is 19.0 Å². The first-order valence-corrected chi connectivity index (χ1v) is 16.1. The van der Waals surface area contributed by atoms with E-state index in [2.05, 4.69) is 17.5 Å². The summed E-state index contributed by atoms with van der Waals surface area (Å²) in [6.45, 7) is 11.0. The van der Waals surface area contributed by atoms with E-state index in [1.807, 2.05) is 45.8 Å². The van der Waals surface area contributed by atoms with Crippen molar-refractivity contribution in [3.8, 4) is 22.7 Å². The normalized spacial score (nSPS) is 16.2. The first kappa shape index (κ1) is 33.2. The molecule has 0 unspecified atom stereocenters. The van der Waals surface area contributed by atoms with Crippen molar-refractivity contribution in [2.24, 2.45) is 0 Å². The van der Waals surface area contributed by atoms with Crippen LogP contribution in [0.15, 0.2) is 53.8 Å². The number of likely N-dealkylation sites (N-methyl/N-ethyl adjacent to an activating group) is 1. The van der Waals surface area contributed by atoms with Gasteiger partial charge in [0, 0.05) is 32.1 Å². The Bertz CT molecular complexity index is 2060. The zero-order chi connectivity index (χ0) is 34.8. The molecule has 1 atom stereocenters. The fraction of sp³-hybridized carbons (Fsp3) is 0.333. The molecule has 2 aromatic carbocycles. The van der Waals surface area contributed by atoms with Gasteiger partial charge in [-0.05, 0) is 67.9 Å². The van der Waals surface area contributed by atoms with Crippen LogP contribution in [-0.4, -0.2) is 83.1 Å². The van der Waals surface area contributed by atoms with Gasteiger partial charge in [0.2, 0.25) is 5.91 Å². The third-order valence-corrected chi connectivity index (χ3v) is 9.41. The van der Waals surface area contributed by atoms with Crippen molar-refractivity contribution in [3.05, 3.63) is 86.9 Å². The highest BCUT2D eigenvalue weighted by Crippen LogP contribution is 2.44. The topological polar surface area (TPSA) is 102 Å². The van der Waals surface area contributed by atoms with E-state index in [9.17, 15) is 19.5 Å². The highest BCUT2D eigenvalue weighted by molar-refractivity contribution is 6.34. The first-order valence-electron chi connectivity index (χ1n) is 15.8. The summed E-state index contributed by atoms with van der Waals surface area (Å²) < 4.78 is 16.8. The molecule has 4 heterocycles. The molecule has 0 saturated carbocycles. The summed E-state index contributed by atoms with van der Waals surface area (Å²) in [6.07, 6.45) is 1.22. The van der Waals surface area contributed by atoms with E-state index in [0.717, 1.165) is 16.7 Å². The number of aryl methyl sites for hydroxylation is 1. The Balaban J connectivity index is 1.74. The molecule has 10 nitrogen and oxygen atoms in total. The number of amides is 2. The van der Waals surface area contributed by atoms with Gasteiger partial charge in [0.15, 0.2) is 0 Å². The van der Waals surface area contributed by atoms with E-state index in [4.69, 9.17) is 16.6 Å². The van der Waals surface area contributed by atoms with Crippen LogP contribution in [0.5, 0.6) is 5.75 Å². The van der Waals surface area contributed by atoms with Crippen molar-refractivity contribution in [2.45, 2.75) is 39.3 Å². The third kappa shape index (κ3) is 5.31. The van der Waals surface area contributed by atoms with Crippen LogP contribution in [0.1, 0.15) is 36.5 Å². The molecule has 48 heavy (non-hydrogen) atoms. The number of nitrogens with zero attached hydrogens (tertiary/aromatic N) is 6.